The number of nitrogens with one attached hydrogen (secondary N) is 2. The minimum atomic E-state index is -0.0156. The maximum atomic E-state index is 11.0. The van der Waals surface area contributed by atoms with E-state index in [1.165, 1.54) is 0 Å². The van der Waals surface area contributed by atoms with Gasteiger partial charge in [0.05, 0.1) is 11.3 Å². The van der Waals surface area contributed by atoms with Gasteiger partial charge in [-0.05, 0) is 24.6 Å². The number of aryl methyl sites for hydroxylation is 1. The van der Waals surface area contributed by atoms with E-state index in [0.717, 1.165) is 11.3 Å². The number of carbonyl (C=O) groups is 1. The number of hydrogen-bond acceptors (Lipinski definition) is 3. The first-order valence-electron chi connectivity index (χ1n) is 5.12. The highest BCUT2D eigenvalue weighted by Gasteiger charge is 2.02. The summed E-state index contributed by atoms with van der Waals surface area (Å²) in [4.78, 5) is 11.0. The smallest absolute Gasteiger partial charge is 0.221 e. The summed E-state index contributed by atoms with van der Waals surface area (Å²) in [6, 6.07) is 7.74. The second kappa shape index (κ2) is 5.76. The number of amides is 1. The molecule has 0 unspecified atom stereocenters. The topological polar surface area (TPSA) is 64.9 Å². The number of hydrogen-bond donors (Lipinski definition) is 2. The fourth-order valence-electron chi connectivity index (χ4n) is 1.34. The molecule has 4 heteroatoms. The molecule has 0 aliphatic carbocycles. The summed E-state index contributed by atoms with van der Waals surface area (Å²) >= 11 is 0. The van der Waals surface area contributed by atoms with Crippen molar-refractivity contribution in [3.63, 3.8) is 0 Å². The summed E-state index contributed by atoms with van der Waals surface area (Å²) in [5, 5.41) is 14.5. The van der Waals surface area contributed by atoms with E-state index in [0.29, 0.717) is 18.5 Å². The average molecular weight is 217 g/mol. The third-order valence-electron chi connectivity index (χ3n) is 2.24. The number of benzene rings is 1. The van der Waals surface area contributed by atoms with Gasteiger partial charge in [0.15, 0.2) is 0 Å². The van der Waals surface area contributed by atoms with Gasteiger partial charge < -0.3 is 10.6 Å². The van der Waals surface area contributed by atoms with E-state index in [4.69, 9.17) is 5.26 Å². The molecule has 0 atom stereocenters. The zero-order valence-electron chi connectivity index (χ0n) is 9.50. The van der Waals surface area contributed by atoms with Crippen LogP contribution in [0.25, 0.3) is 0 Å². The van der Waals surface area contributed by atoms with Crippen molar-refractivity contribution in [1.29, 1.82) is 5.26 Å². The lowest BCUT2D eigenvalue weighted by Gasteiger charge is -2.08. The van der Waals surface area contributed by atoms with Gasteiger partial charge in [-0.25, -0.2) is 0 Å². The Morgan fingerprint density at radius 1 is 1.50 bits per heavy atom. The molecule has 0 fully saturated rings. The van der Waals surface area contributed by atoms with E-state index in [-0.39, 0.29) is 5.91 Å². The fourth-order valence-corrected chi connectivity index (χ4v) is 1.34. The van der Waals surface area contributed by atoms with Crippen molar-refractivity contribution in [2.75, 3.05) is 18.9 Å². The Labute approximate surface area is 95.3 Å². The van der Waals surface area contributed by atoms with Gasteiger partial charge >= 0.3 is 0 Å². The minimum Gasteiger partial charge on any atom is -0.383 e. The van der Waals surface area contributed by atoms with E-state index < -0.39 is 0 Å². The van der Waals surface area contributed by atoms with Crippen LogP contribution >= 0.6 is 0 Å². The molecule has 0 heterocycles. The third-order valence-corrected chi connectivity index (χ3v) is 2.24. The molecule has 0 radical (unpaired) electrons. The highest BCUT2D eigenvalue weighted by atomic mass is 16.1. The van der Waals surface area contributed by atoms with Crippen LogP contribution in [0.2, 0.25) is 0 Å². The number of nitrogens with zero attached hydrogens (tertiary/aromatic N) is 1. The highest BCUT2D eigenvalue weighted by molar-refractivity contribution is 5.76. The quantitative estimate of drug-likeness (QED) is 0.801. The first kappa shape index (κ1) is 12.1. The van der Waals surface area contributed by atoms with E-state index in [1.54, 1.807) is 7.05 Å². The van der Waals surface area contributed by atoms with Gasteiger partial charge in [-0.3, -0.25) is 4.79 Å². The molecule has 0 saturated carbocycles. The van der Waals surface area contributed by atoms with Gasteiger partial charge in [-0.15, -0.1) is 0 Å². The van der Waals surface area contributed by atoms with Crippen LogP contribution in [-0.2, 0) is 4.79 Å². The maximum absolute atomic E-state index is 11.0. The Kier molecular flexibility index (Phi) is 4.34. The van der Waals surface area contributed by atoms with Crippen LogP contribution < -0.4 is 10.6 Å². The molecule has 1 aromatic rings. The van der Waals surface area contributed by atoms with Gasteiger partial charge in [-0.2, -0.15) is 5.26 Å². The first-order valence-corrected chi connectivity index (χ1v) is 5.12. The largest absolute Gasteiger partial charge is 0.383 e. The van der Waals surface area contributed by atoms with Crippen LogP contribution in [0, 0.1) is 18.3 Å². The molecule has 1 rings (SSSR count). The number of carbonyl (C=O) groups excluding carboxylic acids is 1. The summed E-state index contributed by atoms with van der Waals surface area (Å²) in [5.41, 5.74) is 2.43. The van der Waals surface area contributed by atoms with Crippen molar-refractivity contribution in [1.82, 2.24) is 5.32 Å². The van der Waals surface area contributed by atoms with Gasteiger partial charge in [0.1, 0.15) is 6.07 Å². The summed E-state index contributed by atoms with van der Waals surface area (Å²) < 4.78 is 0. The molecule has 84 valence electrons. The Hall–Kier alpha value is -2.02. The van der Waals surface area contributed by atoms with Gasteiger partial charge in [0.2, 0.25) is 5.91 Å². The van der Waals surface area contributed by atoms with E-state index in [1.807, 2.05) is 25.1 Å². The first-order chi connectivity index (χ1) is 7.67. The molecule has 4 nitrogen and oxygen atoms in total. The molecule has 0 aliphatic rings. The third kappa shape index (κ3) is 3.28. The number of nitriles is 1. The Bertz CT molecular complexity index is 421. The summed E-state index contributed by atoms with van der Waals surface area (Å²) in [5.74, 6) is -0.0156. The minimum absolute atomic E-state index is 0.0156. The molecule has 1 amide bonds. The molecule has 0 spiro atoms. The van der Waals surface area contributed by atoms with Crippen LogP contribution in [0.1, 0.15) is 17.5 Å². The highest BCUT2D eigenvalue weighted by Crippen LogP contribution is 2.15. The van der Waals surface area contributed by atoms with E-state index >= 15 is 0 Å². The molecular formula is C12H15N3O. The normalized spacial score (nSPS) is 9.31. The molecule has 16 heavy (non-hydrogen) atoms. The lowest BCUT2D eigenvalue weighted by Crippen LogP contribution is -2.20. The van der Waals surface area contributed by atoms with Crippen molar-refractivity contribution >= 4 is 11.6 Å². The van der Waals surface area contributed by atoms with Crippen molar-refractivity contribution in [3.05, 3.63) is 29.3 Å². The molecule has 0 aromatic heterocycles. The average Bonchev–Trinajstić information content (AvgIpc) is 2.30. The summed E-state index contributed by atoms with van der Waals surface area (Å²) in [6.45, 7) is 2.46. The molecule has 2 N–H and O–H groups in total. The van der Waals surface area contributed by atoms with Crippen LogP contribution in [0.3, 0.4) is 0 Å². The van der Waals surface area contributed by atoms with Crippen LogP contribution in [0.4, 0.5) is 5.69 Å². The van der Waals surface area contributed by atoms with Crippen molar-refractivity contribution in [2.45, 2.75) is 13.3 Å². The van der Waals surface area contributed by atoms with E-state index in [2.05, 4.69) is 16.7 Å². The van der Waals surface area contributed by atoms with Crippen molar-refractivity contribution in [2.24, 2.45) is 0 Å². The molecule has 0 aliphatic heterocycles. The molecule has 1 aromatic carbocycles. The second-order valence-electron chi connectivity index (χ2n) is 3.51. The monoisotopic (exact) mass is 217 g/mol. The van der Waals surface area contributed by atoms with Crippen molar-refractivity contribution < 1.29 is 4.79 Å². The zero-order chi connectivity index (χ0) is 12.0. The summed E-state index contributed by atoms with van der Waals surface area (Å²) in [7, 11) is 1.61. The molecule has 0 saturated heterocycles. The maximum Gasteiger partial charge on any atom is 0.221 e. The van der Waals surface area contributed by atoms with Crippen LogP contribution in [0.5, 0.6) is 0 Å². The van der Waals surface area contributed by atoms with Crippen LogP contribution in [-0.4, -0.2) is 19.5 Å². The predicted octanol–water partition coefficient (Wildman–Crippen LogP) is 1.41. The second-order valence-corrected chi connectivity index (χ2v) is 3.51. The van der Waals surface area contributed by atoms with Crippen molar-refractivity contribution in [3.8, 4) is 6.07 Å². The lowest BCUT2D eigenvalue weighted by molar-refractivity contribution is -0.120. The predicted molar refractivity (Wildman–Crippen MR) is 63.1 cm³/mol. The molecule has 0 bridgehead atoms. The Morgan fingerprint density at radius 2 is 2.25 bits per heavy atom. The van der Waals surface area contributed by atoms with Gasteiger partial charge in [0, 0.05) is 20.0 Å². The van der Waals surface area contributed by atoms with Gasteiger partial charge in [-0.1, -0.05) is 6.07 Å². The SMILES string of the molecule is CNC(=O)CCNc1ccc(C)cc1C#N. The van der Waals surface area contributed by atoms with E-state index in [9.17, 15) is 4.79 Å². The Morgan fingerprint density at radius 3 is 2.88 bits per heavy atom. The standard InChI is InChI=1S/C12H15N3O/c1-9-3-4-11(10(7-9)8-13)15-6-5-12(16)14-2/h3-4,7,15H,5-6H2,1-2H3,(H,14,16). The number of anilines is 1. The number of rotatable bonds is 4. The summed E-state index contributed by atoms with van der Waals surface area (Å²) in [6.07, 6.45) is 0.398. The lowest BCUT2D eigenvalue weighted by atomic mass is 10.1. The Balaban J connectivity index is 2.61. The van der Waals surface area contributed by atoms with Gasteiger partial charge in [0.25, 0.3) is 0 Å². The molecular weight excluding hydrogens is 202 g/mol. The zero-order valence-corrected chi connectivity index (χ0v) is 9.50. The van der Waals surface area contributed by atoms with Crippen LogP contribution in [0.15, 0.2) is 18.2 Å². The fraction of sp³-hybridized carbons (Fsp3) is 0.333.